The van der Waals surface area contributed by atoms with Gasteiger partial charge in [-0.2, -0.15) is 0 Å². The predicted molar refractivity (Wildman–Crippen MR) is 97.5 cm³/mol. The Kier molecular flexibility index (Phi) is 6.31. The van der Waals surface area contributed by atoms with Gasteiger partial charge in [0.15, 0.2) is 5.82 Å². The molecule has 0 spiro atoms. The third-order valence-electron chi connectivity index (χ3n) is 3.86. The molecule has 8 heteroatoms. The van der Waals surface area contributed by atoms with Gasteiger partial charge in [-0.1, -0.05) is 43.1 Å². The number of carbonyl (C=O) groups is 1. The van der Waals surface area contributed by atoms with Crippen LogP contribution in [0.25, 0.3) is 0 Å². The molecule has 0 unspecified atom stereocenters. The lowest BCUT2D eigenvalue weighted by molar-refractivity contribution is -0.134. The molecule has 3 N–H and O–H groups in total. The van der Waals surface area contributed by atoms with Crippen LogP contribution in [0.1, 0.15) is 36.5 Å². The van der Waals surface area contributed by atoms with Crippen LogP contribution in [0.5, 0.6) is 5.75 Å². The number of hydrogen-bond acceptors (Lipinski definition) is 3. The first kappa shape index (κ1) is 20.3. The molecule has 2 aromatic rings. The number of rotatable bonds is 6. The van der Waals surface area contributed by atoms with Gasteiger partial charge in [0.1, 0.15) is 18.1 Å². The molecule has 0 aliphatic rings. The third kappa shape index (κ3) is 4.19. The highest BCUT2D eigenvalue weighted by Crippen LogP contribution is 2.37. The van der Waals surface area contributed by atoms with Gasteiger partial charge in [0.2, 0.25) is 0 Å². The fourth-order valence-electron chi connectivity index (χ4n) is 2.60. The van der Waals surface area contributed by atoms with Crippen LogP contribution in [0, 0.1) is 11.6 Å². The molecule has 2 rings (SSSR count). The minimum atomic E-state index is -1.17. The molecule has 2 aromatic carbocycles. The van der Waals surface area contributed by atoms with Crippen molar-refractivity contribution in [3.05, 3.63) is 56.6 Å². The summed E-state index contributed by atoms with van der Waals surface area (Å²) in [5, 5.41) is 20.6. The summed E-state index contributed by atoms with van der Waals surface area (Å²) in [4.78, 5) is 10.6. The van der Waals surface area contributed by atoms with E-state index in [9.17, 15) is 18.7 Å². The largest absolute Gasteiger partial charge is 0.508 e. The van der Waals surface area contributed by atoms with Crippen LogP contribution in [-0.2, 0) is 11.2 Å². The molecule has 0 atom stereocenters. The van der Waals surface area contributed by atoms with Crippen molar-refractivity contribution >= 4 is 34.9 Å². The van der Waals surface area contributed by atoms with E-state index in [0.29, 0.717) is 0 Å². The highest BCUT2D eigenvalue weighted by atomic mass is 35.5. The van der Waals surface area contributed by atoms with Crippen molar-refractivity contribution in [2.75, 3.05) is 11.9 Å². The molecular formula is C18H17Cl2F2NO3. The zero-order chi connectivity index (χ0) is 19.6. The normalized spacial score (nSPS) is 11.0. The molecule has 0 bridgehead atoms. The molecule has 0 saturated heterocycles. The molecule has 0 heterocycles. The average molecular weight is 404 g/mol. The summed E-state index contributed by atoms with van der Waals surface area (Å²) >= 11 is 12.2. The molecule has 0 radical (unpaired) electrons. The lowest BCUT2D eigenvalue weighted by Crippen LogP contribution is -2.13. The Morgan fingerprint density at radius 1 is 1.23 bits per heavy atom. The van der Waals surface area contributed by atoms with Crippen molar-refractivity contribution < 1.29 is 23.8 Å². The smallest absolute Gasteiger partial charge is 0.322 e. The lowest BCUT2D eigenvalue weighted by atomic mass is 9.95. The monoisotopic (exact) mass is 403 g/mol. The Morgan fingerprint density at radius 2 is 1.88 bits per heavy atom. The maximum atomic E-state index is 14.7. The van der Waals surface area contributed by atoms with Gasteiger partial charge in [-0.3, -0.25) is 4.79 Å². The minimum absolute atomic E-state index is 0.0721. The van der Waals surface area contributed by atoms with Gasteiger partial charge in [-0.25, -0.2) is 8.78 Å². The summed E-state index contributed by atoms with van der Waals surface area (Å²) in [5.74, 6) is -3.04. The van der Waals surface area contributed by atoms with E-state index in [1.807, 2.05) is 0 Å². The average Bonchev–Trinajstić information content (AvgIpc) is 2.55. The first-order valence-corrected chi connectivity index (χ1v) is 8.51. The second kappa shape index (κ2) is 8.10. The predicted octanol–water partition coefficient (Wildman–Crippen LogP) is 5.19. The maximum Gasteiger partial charge on any atom is 0.322 e. The van der Waals surface area contributed by atoms with E-state index >= 15 is 0 Å². The molecular weight excluding hydrogens is 387 g/mol. The van der Waals surface area contributed by atoms with E-state index in [-0.39, 0.29) is 50.5 Å². The van der Waals surface area contributed by atoms with Crippen LogP contribution in [0.4, 0.5) is 14.5 Å². The van der Waals surface area contributed by atoms with Gasteiger partial charge in [0.25, 0.3) is 0 Å². The van der Waals surface area contributed by atoms with Crippen molar-refractivity contribution in [1.29, 1.82) is 0 Å². The topological polar surface area (TPSA) is 69.6 Å². The lowest BCUT2D eigenvalue weighted by Gasteiger charge is -2.16. The number of aliphatic carboxylic acids is 1. The summed E-state index contributed by atoms with van der Waals surface area (Å²) in [6, 6.07) is 3.97. The number of hydrogen-bond donors (Lipinski definition) is 3. The molecule has 0 aliphatic carbocycles. The number of benzene rings is 2. The molecule has 140 valence electrons. The molecule has 0 saturated carbocycles. The summed E-state index contributed by atoms with van der Waals surface area (Å²) < 4.78 is 29.1. The van der Waals surface area contributed by atoms with Crippen LogP contribution >= 0.6 is 23.2 Å². The number of halogens is 4. The summed E-state index contributed by atoms with van der Waals surface area (Å²) in [6.07, 6.45) is -0.0837. The number of phenols is 1. The zero-order valence-electron chi connectivity index (χ0n) is 14.0. The Bertz CT molecular complexity index is 857. The van der Waals surface area contributed by atoms with Gasteiger partial charge in [-0.15, -0.1) is 0 Å². The second-order valence-electron chi connectivity index (χ2n) is 6.06. The first-order valence-electron chi connectivity index (χ1n) is 7.75. The molecule has 26 heavy (non-hydrogen) atoms. The standard InChI is InChI=1S/C18H17Cl2F2NO3/c1-8(2)15-13(24)4-3-9(17(15)21)5-10-11(19)6-12(18(22)16(10)20)23-7-14(25)26/h3-4,6,8,23-24H,5,7H2,1-2H3,(H,25,26). The van der Waals surface area contributed by atoms with E-state index in [0.717, 1.165) is 0 Å². The van der Waals surface area contributed by atoms with Gasteiger partial charge < -0.3 is 15.5 Å². The highest BCUT2D eigenvalue weighted by molar-refractivity contribution is 6.36. The van der Waals surface area contributed by atoms with E-state index in [2.05, 4.69) is 5.32 Å². The molecule has 0 aliphatic heterocycles. The zero-order valence-corrected chi connectivity index (χ0v) is 15.6. The fourth-order valence-corrected chi connectivity index (χ4v) is 3.19. The number of aromatic hydroxyl groups is 1. The maximum absolute atomic E-state index is 14.7. The number of carboxylic acids is 1. The van der Waals surface area contributed by atoms with Crippen LogP contribution < -0.4 is 5.32 Å². The quantitative estimate of drug-likeness (QED) is 0.580. The Morgan fingerprint density at radius 3 is 2.46 bits per heavy atom. The highest BCUT2D eigenvalue weighted by Gasteiger charge is 2.21. The number of anilines is 1. The van der Waals surface area contributed by atoms with Crippen molar-refractivity contribution in [3.63, 3.8) is 0 Å². The molecule has 0 amide bonds. The van der Waals surface area contributed by atoms with E-state index in [1.54, 1.807) is 13.8 Å². The summed E-state index contributed by atoms with van der Waals surface area (Å²) in [5.41, 5.74) is 0.391. The van der Waals surface area contributed by atoms with E-state index in [4.69, 9.17) is 28.3 Å². The fraction of sp³-hybridized carbons (Fsp3) is 0.278. The van der Waals surface area contributed by atoms with Crippen molar-refractivity contribution in [1.82, 2.24) is 0 Å². The first-order chi connectivity index (χ1) is 12.1. The van der Waals surface area contributed by atoms with Gasteiger partial charge in [-0.05, 0) is 29.2 Å². The molecule has 0 aromatic heterocycles. The van der Waals surface area contributed by atoms with Crippen LogP contribution in [0.3, 0.4) is 0 Å². The van der Waals surface area contributed by atoms with Gasteiger partial charge in [0, 0.05) is 17.0 Å². The van der Waals surface area contributed by atoms with Crippen LogP contribution in [-0.4, -0.2) is 22.7 Å². The molecule has 0 fully saturated rings. The Balaban J connectivity index is 2.44. The summed E-state index contributed by atoms with van der Waals surface area (Å²) in [6.45, 7) is 2.97. The number of nitrogens with one attached hydrogen (secondary N) is 1. The van der Waals surface area contributed by atoms with Gasteiger partial charge >= 0.3 is 5.97 Å². The van der Waals surface area contributed by atoms with Crippen molar-refractivity contribution in [2.45, 2.75) is 26.2 Å². The van der Waals surface area contributed by atoms with Crippen LogP contribution in [0.2, 0.25) is 10.0 Å². The van der Waals surface area contributed by atoms with Crippen LogP contribution in [0.15, 0.2) is 18.2 Å². The minimum Gasteiger partial charge on any atom is -0.508 e. The SMILES string of the molecule is CC(C)c1c(O)ccc(Cc2c(Cl)cc(NCC(=O)O)c(F)c2Cl)c1F. The van der Waals surface area contributed by atoms with Crippen molar-refractivity contribution in [3.8, 4) is 5.75 Å². The van der Waals surface area contributed by atoms with Gasteiger partial charge in [0.05, 0.1) is 10.7 Å². The van der Waals surface area contributed by atoms with Crippen molar-refractivity contribution in [2.24, 2.45) is 0 Å². The van der Waals surface area contributed by atoms with E-state index in [1.165, 1.54) is 18.2 Å². The second-order valence-corrected chi connectivity index (χ2v) is 6.85. The Hall–Kier alpha value is -2.05. The third-order valence-corrected chi connectivity index (χ3v) is 4.60. The summed E-state index contributed by atoms with van der Waals surface area (Å²) in [7, 11) is 0. The Labute approximate surface area is 159 Å². The molecule has 4 nitrogen and oxygen atoms in total. The number of carboxylic acid groups (broad SMARTS) is 1. The number of phenolic OH excluding ortho intramolecular Hbond substituents is 1. The van der Waals surface area contributed by atoms with E-state index < -0.39 is 24.1 Å².